The summed E-state index contributed by atoms with van der Waals surface area (Å²) in [5, 5.41) is 9.42. The van der Waals surface area contributed by atoms with Crippen LogP contribution in [0, 0.1) is 5.92 Å². The van der Waals surface area contributed by atoms with E-state index in [-0.39, 0.29) is 18.8 Å². The van der Waals surface area contributed by atoms with E-state index >= 15 is 0 Å². The van der Waals surface area contributed by atoms with Gasteiger partial charge in [0.1, 0.15) is 11.9 Å². The van der Waals surface area contributed by atoms with Crippen LogP contribution in [0.15, 0.2) is 24.3 Å². The molecule has 0 aliphatic rings. The van der Waals surface area contributed by atoms with E-state index in [9.17, 15) is 5.11 Å². The van der Waals surface area contributed by atoms with Crippen molar-refractivity contribution in [3.8, 4) is 5.75 Å². The molecule has 0 spiro atoms. The predicted molar refractivity (Wildman–Crippen MR) is 81.0 cm³/mol. The second-order valence-electron chi connectivity index (χ2n) is 5.52. The van der Waals surface area contributed by atoms with Gasteiger partial charge < -0.3 is 20.3 Å². The Kier molecular flexibility index (Phi) is 7.59. The molecule has 20 heavy (non-hydrogen) atoms. The Hall–Kier alpha value is -1.10. The molecule has 1 aromatic rings. The Morgan fingerprint density at radius 3 is 2.35 bits per heavy atom. The lowest BCUT2D eigenvalue weighted by Gasteiger charge is -2.24. The fourth-order valence-electron chi connectivity index (χ4n) is 2.09. The van der Waals surface area contributed by atoms with Crippen LogP contribution >= 0.6 is 0 Å². The lowest BCUT2D eigenvalue weighted by Crippen LogP contribution is -2.42. The van der Waals surface area contributed by atoms with Gasteiger partial charge in [0, 0.05) is 13.2 Å². The molecule has 0 aromatic heterocycles. The first kappa shape index (κ1) is 17.0. The van der Waals surface area contributed by atoms with Crippen molar-refractivity contribution in [2.75, 3.05) is 20.3 Å². The van der Waals surface area contributed by atoms with E-state index in [0.717, 1.165) is 18.6 Å². The van der Waals surface area contributed by atoms with Crippen LogP contribution in [0.4, 0.5) is 0 Å². The number of nitrogens with two attached hydrogens (primary N) is 1. The zero-order valence-corrected chi connectivity index (χ0v) is 12.7. The largest absolute Gasteiger partial charge is 0.486 e. The Morgan fingerprint density at radius 2 is 1.85 bits per heavy atom. The third-order valence-electron chi connectivity index (χ3n) is 3.21. The maximum absolute atomic E-state index is 9.42. The Balaban J connectivity index is 2.56. The third-order valence-corrected chi connectivity index (χ3v) is 3.21. The standard InChI is InChI=1S/C16H27NO3/c1-12(2)10-15(17)16(11-18)20-14-6-4-13(5-7-14)8-9-19-3/h4-7,12,15-16,18H,8-11,17H2,1-3H3. The molecule has 4 nitrogen and oxygen atoms in total. The molecule has 1 rings (SSSR count). The van der Waals surface area contributed by atoms with E-state index in [1.807, 2.05) is 24.3 Å². The van der Waals surface area contributed by atoms with Crippen molar-refractivity contribution in [3.63, 3.8) is 0 Å². The topological polar surface area (TPSA) is 64.7 Å². The first-order valence-corrected chi connectivity index (χ1v) is 7.17. The van der Waals surface area contributed by atoms with E-state index in [0.29, 0.717) is 12.5 Å². The van der Waals surface area contributed by atoms with Crippen LogP contribution in [-0.2, 0) is 11.2 Å². The minimum absolute atomic E-state index is 0.0701. The number of benzene rings is 1. The SMILES string of the molecule is COCCc1ccc(OC(CO)C(N)CC(C)C)cc1. The minimum atomic E-state index is -0.359. The van der Waals surface area contributed by atoms with Gasteiger partial charge in [0.15, 0.2) is 0 Å². The van der Waals surface area contributed by atoms with Gasteiger partial charge in [-0.05, 0) is 36.5 Å². The number of rotatable bonds is 9. The fourth-order valence-corrected chi connectivity index (χ4v) is 2.09. The third kappa shape index (κ3) is 5.90. The molecule has 1 aromatic carbocycles. The normalized spacial score (nSPS) is 14.3. The monoisotopic (exact) mass is 281 g/mol. The summed E-state index contributed by atoms with van der Waals surface area (Å²) in [6.45, 7) is 4.86. The highest BCUT2D eigenvalue weighted by Crippen LogP contribution is 2.17. The first-order valence-electron chi connectivity index (χ1n) is 7.17. The van der Waals surface area contributed by atoms with Crippen molar-refractivity contribution < 1.29 is 14.6 Å². The zero-order chi connectivity index (χ0) is 15.0. The minimum Gasteiger partial charge on any atom is -0.486 e. The van der Waals surface area contributed by atoms with Crippen LogP contribution in [0.5, 0.6) is 5.75 Å². The molecule has 0 aliphatic heterocycles. The molecule has 0 radical (unpaired) electrons. The summed E-state index contributed by atoms with van der Waals surface area (Å²) >= 11 is 0. The van der Waals surface area contributed by atoms with Gasteiger partial charge in [-0.15, -0.1) is 0 Å². The van der Waals surface area contributed by atoms with Gasteiger partial charge in [0.05, 0.1) is 13.2 Å². The Morgan fingerprint density at radius 1 is 1.20 bits per heavy atom. The molecule has 114 valence electrons. The average molecular weight is 281 g/mol. The number of aliphatic hydroxyl groups is 1. The van der Waals surface area contributed by atoms with Crippen molar-refractivity contribution in [2.45, 2.75) is 38.8 Å². The number of ether oxygens (including phenoxy) is 2. The van der Waals surface area contributed by atoms with Crippen molar-refractivity contribution in [1.29, 1.82) is 0 Å². The second-order valence-corrected chi connectivity index (χ2v) is 5.52. The second kappa shape index (κ2) is 8.95. The molecule has 0 heterocycles. The van der Waals surface area contributed by atoms with Gasteiger partial charge in [0.2, 0.25) is 0 Å². The van der Waals surface area contributed by atoms with Crippen LogP contribution in [0.2, 0.25) is 0 Å². The summed E-state index contributed by atoms with van der Waals surface area (Å²) in [4.78, 5) is 0. The van der Waals surface area contributed by atoms with Gasteiger partial charge in [-0.1, -0.05) is 26.0 Å². The van der Waals surface area contributed by atoms with Crippen molar-refractivity contribution in [1.82, 2.24) is 0 Å². The zero-order valence-electron chi connectivity index (χ0n) is 12.7. The summed E-state index contributed by atoms with van der Waals surface area (Å²) in [7, 11) is 1.69. The van der Waals surface area contributed by atoms with E-state index < -0.39 is 0 Å². The maximum atomic E-state index is 9.42. The maximum Gasteiger partial charge on any atom is 0.137 e. The van der Waals surface area contributed by atoms with Crippen LogP contribution in [0.3, 0.4) is 0 Å². The molecule has 2 unspecified atom stereocenters. The lowest BCUT2D eigenvalue weighted by molar-refractivity contribution is 0.0881. The molecule has 0 aliphatic carbocycles. The molecule has 0 saturated carbocycles. The van der Waals surface area contributed by atoms with Gasteiger partial charge in [0.25, 0.3) is 0 Å². The Bertz CT molecular complexity index is 364. The summed E-state index contributed by atoms with van der Waals surface area (Å²) in [5.74, 6) is 1.23. The number of aliphatic hydroxyl groups excluding tert-OH is 1. The first-order chi connectivity index (χ1) is 9.56. The molecule has 0 fully saturated rings. The van der Waals surface area contributed by atoms with E-state index in [1.165, 1.54) is 5.56 Å². The van der Waals surface area contributed by atoms with Crippen molar-refractivity contribution >= 4 is 0 Å². The van der Waals surface area contributed by atoms with Gasteiger partial charge >= 0.3 is 0 Å². The van der Waals surface area contributed by atoms with Crippen LogP contribution in [0.1, 0.15) is 25.8 Å². The number of methoxy groups -OCH3 is 1. The molecular formula is C16H27NO3. The van der Waals surface area contributed by atoms with E-state index in [1.54, 1.807) is 7.11 Å². The van der Waals surface area contributed by atoms with Crippen molar-refractivity contribution in [2.24, 2.45) is 11.7 Å². The molecule has 3 N–H and O–H groups in total. The molecule has 2 atom stereocenters. The highest BCUT2D eigenvalue weighted by Gasteiger charge is 2.19. The molecule has 0 amide bonds. The molecule has 0 saturated heterocycles. The van der Waals surface area contributed by atoms with Gasteiger partial charge in [-0.25, -0.2) is 0 Å². The molecular weight excluding hydrogens is 254 g/mol. The molecule has 4 heteroatoms. The van der Waals surface area contributed by atoms with Gasteiger partial charge in [-0.2, -0.15) is 0 Å². The summed E-state index contributed by atoms with van der Waals surface area (Å²) in [5.41, 5.74) is 7.27. The Labute approximate surface area is 121 Å². The average Bonchev–Trinajstić information content (AvgIpc) is 2.42. The van der Waals surface area contributed by atoms with Gasteiger partial charge in [-0.3, -0.25) is 0 Å². The number of hydrogen-bond acceptors (Lipinski definition) is 4. The number of hydrogen-bond donors (Lipinski definition) is 2. The molecule has 0 bridgehead atoms. The van der Waals surface area contributed by atoms with Crippen LogP contribution in [0.25, 0.3) is 0 Å². The summed E-state index contributed by atoms with van der Waals surface area (Å²) in [6.07, 6.45) is 1.35. The quantitative estimate of drug-likeness (QED) is 0.726. The highest BCUT2D eigenvalue weighted by atomic mass is 16.5. The fraction of sp³-hybridized carbons (Fsp3) is 0.625. The van der Waals surface area contributed by atoms with Crippen molar-refractivity contribution in [3.05, 3.63) is 29.8 Å². The summed E-state index contributed by atoms with van der Waals surface area (Å²) < 4.78 is 10.8. The van der Waals surface area contributed by atoms with E-state index in [4.69, 9.17) is 15.2 Å². The predicted octanol–water partition coefficient (Wildman–Crippen LogP) is 1.99. The lowest BCUT2D eigenvalue weighted by atomic mass is 10.0. The highest BCUT2D eigenvalue weighted by molar-refractivity contribution is 5.27. The van der Waals surface area contributed by atoms with Crippen LogP contribution in [-0.4, -0.2) is 37.6 Å². The smallest absolute Gasteiger partial charge is 0.137 e. The van der Waals surface area contributed by atoms with Crippen LogP contribution < -0.4 is 10.5 Å². The summed E-state index contributed by atoms with van der Waals surface area (Å²) in [6, 6.07) is 7.69. The van der Waals surface area contributed by atoms with E-state index in [2.05, 4.69) is 13.8 Å².